The molecule has 2 aromatic rings. The van der Waals surface area contributed by atoms with Crippen LogP contribution in [0.5, 0.6) is 0 Å². The van der Waals surface area contributed by atoms with Gasteiger partial charge in [0.25, 0.3) is 0 Å². The van der Waals surface area contributed by atoms with Gasteiger partial charge in [-0.1, -0.05) is 20.8 Å². The Bertz CT molecular complexity index is 809. The number of aliphatic hydroxyl groups is 1. The average molecular weight is 412 g/mol. The molecule has 0 radical (unpaired) electrons. The Balaban J connectivity index is 1.82. The molecule has 2 aromatic heterocycles. The first-order chi connectivity index (χ1) is 12.6. The molecular weight excluding hydrogens is 382 g/mol. The molecule has 4 atom stereocenters. The molecule has 1 aliphatic heterocycles. The van der Waals surface area contributed by atoms with Gasteiger partial charge in [-0.3, -0.25) is 4.57 Å². The topological polar surface area (TPSA) is 108 Å². The molecule has 10 heteroatoms. The highest BCUT2D eigenvalue weighted by atomic mass is 32.2. The van der Waals surface area contributed by atoms with Crippen molar-refractivity contribution in [2.75, 3.05) is 18.6 Å². The highest BCUT2D eigenvalue weighted by Crippen LogP contribution is 2.40. The summed E-state index contributed by atoms with van der Waals surface area (Å²) in [6.07, 6.45) is 3.57. The zero-order chi connectivity index (χ0) is 20.0. The molecule has 8 nitrogen and oxygen atoms in total. The van der Waals surface area contributed by atoms with E-state index in [9.17, 15) is 5.11 Å². The first-order valence-electron chi connectivity index (χ1n) is 9.00. The molecule has 3 N–H and O–H groups in total. The molecule has 3 heterocycles. The Morgan fingerprint density at radius 1 is 1.33 bits per heavy atom. The maximum Gasteiger partial charge on any atom is 0.192 e. The lowest BCUT2D eigenvalue weighted by molar-refractivity contribution is -0.0403. The van der Waals surface area contributed by atoms with Crippen LogP contribution < -0.4 is 5.73 Å². The fraction of sp³-hybridized carbons (Fsp3) is 0.706. The highest BCUT2D eigenvalue weighted by Gasteiger charge is 2.46. The van der Waals surface area contributed by atoms with Gasteiger partial charge in [-0.05, 0) is 24.4 Å². The molecular formula is C17H29N5O3SSi. The summed E-state index contributed by atoms with van der Waals surface area (Å²) in [5.41, 5.74) is 7.03. The van der Waals surface area contributed by atoms with Crippen LogP contribution in [-0.4, -0.2) is 63.3 Å². The summed E-state index contributed by atoms with van der Waals surface area (Å²) in [6.45, 7) is 11.3. The molecule has 0 saturated carbocycles. The Hall–Kier alpha value is -1.20. The second-order valence-corrected chi connectivity index (χ2v) is 14.2. The van der Waals surface area contributed by atoms with Crippen LogP contribution in [0.4, 0.5) is 5.82 Å². The quantitative estimate of drug-likeness (QED) is 0.722. The van der Waals surface area contributed by atoms with Crippen LogP contribution in [0, 0.1) is 0 Å². The van der Waals surface area contributed by atoms with Crippen LogP contribution in [0.1, 0.15) is 27.0 Å². The summed E-state index contributed by atoms with van der Waals surface area (Å²) < 4.78 is 14.3. The van der Waals surface area contributed by atoms with Crippen LogP contribution >= 0.6 is 11.8 Å². The summed E-state index contributed by atoms with van der Waals surface area (Å²) in [6, 6.07) is 0. The first kappa shape index (κ1) is 20.5. The van der Waals surface area contributed by atoms with Gasteiger partial charge in [0, 0.05) is 0 Å². The lowest BCUT2D eigenvalue weighted by Crippen LogP contribution is -2.44. The third-order valence-electron chi connectivity index (χ3n) is 5.66. The van der Waals surface area contributed by atoms with E-state index in [1.807, 2.05) is 10.8 Å². The molecule has 3 rings (SSSR count). The second-order valence-electron chi connectivity index (χ2n) is 8.41. The van der Waals surface area contributed by atoms with Crippen molar-refractivity contribution in [2.24, 2.45) is 0 Å². The summed E-state index contributed by atoms with van der Waals surface area (Å²) in [7, 11) is -1.93. The molecule has 0 spiro atoms. The van der Waals surface area contributed by atoms with Crippen LogP contribution in [0.25, 0.3) is 11.2 Å². The smallest absolute Gasteiger partial charge is 0.192 e. The minimum Gasteiger partial charge on any atom is -0.414 e. The number of anilines is 1. The molecule has 27 heavy (non-hydrogen) atoms. The lowest BCUT2D eigenvalue weighted by atomic mass is 10.2. The summed E-state index contributed by atoms with van der Waals surface area (Å²) >= 11 is 1.56. The van der Waals surface area contributed by atoms with Gasteiger partial charge in [0.15, 0.2) is 26.0 Å². The first-order valence-corrected chi connectivity index (χ1v) is 13.2. The third-order valence-corrected chi connectivity index (χ3v) is 11.2. The molecule has 0 amide bonds. The standard InChI is InChI=1S/C17H29N5O3SSi/c1-17(2,3)27(5,6)24-7-10-12(23)13(26-4)16(25-10)22-9-21-11-14(18)19-8-20-15(11)22/h8-10,12-13,16,23H,7H2,1-6H3,(H2,18,19,20)/t10-,12-,13-,16-/m1/s1. The van der Waals surface area contributed by atoms with Crippen LogP contribution in [0.3, 0.4) is 0 Å². The van der Waals surface area contributed by atoms with Crippen molar-refractivity contribution in [2.45, 2.75) is 62.6 Å². The number of hydrogen-bond donors (Lipinski definition) is 2. The number of fused-ring (bicyclic) bond motifs is 1. The lowest BCUT2D eigenvalue weighted by Gasteiger charge is -2.37. The van der Waals surface area contributed by atoms with Crippen LogP contribution in [0.15, 0.2) is 12.7 Å². The van der Waals surface area contributed by atoms with E-state index in [4.69, 9.17) is 14.9 Å². The predicted molar refractivity (Wildman–Crippen MR) is 110 cm³/mol. The van der Waals surface area contributed by atoms with E-state index in [1.165, 1.54) is 6.33 Å². The molecule has 1 aliphatic rings. The molecule has 0 aromatic carbocycles. The average Bonchev–Trinajstić information content (AvgIpc) is 3.14. The number of nitrogen functional groups attached to an aromatic ring is 1. The maximum absolute atomic E-state index is 10.8. The Morgan fingerprint density at radius 2 is 2.04 bits per heavy atom. The number of hydrogen-bond acceptors (Lipinski definition) is 8. The molecule has 0 bridgehead atoms. The minimum absolute atomic E-state index is 0.101. The summed E-state index contributed by atoms with van der Waals surface area (Å²) in [5.74, 6) is 0.329. The Kier molecular flexibility index (Phi) is 5.57. The number of aliphatic hydroxyl groups excluding tert-OH is 1. The molecule has 0 aliphatic carbocycles. The van der Waals surface area contributed by atoms with E-state index in [-0.39, 0.29) is 10.3 Å². The van der Waals surface area contributed by atoms with E-state index in [0.717, 1.165) is 0 Å². The number of ether oxygens (including phenoxy) is 1. The van der Waals surface area contributed by atoms with Gasteiger partial charge in [-0.25, -0.2) is 15.0 Å². The van der Waals surface area contributed by atoms with Gasteiger partial charge in [0.1, 0.15) is 17.9 Å². The van der Waals surface area contributed by atoms with E-state index in [1.54, 1.807) is 18.1 Å². The van der Waals surface area contributed by atoms with E-state index >= 15 is 0 Å². The van der Waals surface area contributed by atoms with E-state index < -0.39 is 26.8 Å². The van der Waals surface area contributed by atoms with Gasteiger partial charge in [-0.2, -0.15) is 11.8 Å². The Morgan fingerprint density at radius 3 is 2.67 bits per heavy atom. The van der Waals surface area contributed by atoms with Crippen molar-refractivity contribution in [1.82, 2.24) is 19.5 Å². The molecule has 1 saturated heterocycles. The maximum atomic E-state index is 10.8. The normalized spacial score (nSPS) is 26.8. The highest BCUT2D eigenvalue weighted by molar-refractivity contribution is 7.99. The SMILES string of the molecule is CS[C@@H]1[C@H](O)[C@@H](CO[Si](C)(C)C(C)(C)C)O[C@H]1n1cnc2c(N)ncnc21. The number of rotatable bonds is 5. The van der Waals surface area contributed by atoms with Crippen LogP contribution in [0.2, 0.25) is 18.1 Å². The number of thioether (sulfide) groups is 1. The zero-order valence-corrected chi connectivity index (χ0v) is 18.5. The summed E-state index contributed by atoms with van der Waals surface area (Å²) in [5, 5.41) is 10.8. The predicted octanol–water partition coefficient (Wildman–Crippen LogP) is 2.42. The molecule has 150 valence electrons. The minimum atomic E-state index is -1.93. The summed E-state index contributed by atoms with van der Waals surface area (Å²) in [4.78, 5) is 12.6. The fourth-order valence-corrected chi connectivity index (χ4v) is 4.79. The van der Waals surface area contributed by atoms with Gasteiger partial charge in [0.05, 0.1) is 24.3 Å². The number of nitrogens with zero attached hydrogens (tertiary/aromatic N) is 4. The zero-order valence-electron chi connectivity index (χ0n) is 16.7. The van der Waals surface area contributed by atoms with E-state index in [2.05, 4.69) is 48.8 Å². The van der Waals surface area contributed by atoms with E-state index in [0.29, 0.717) is 23.6 Å². The van der Waals surface area contributed by atoms with Crippen molar-refractivity contribution in [3.05, 3.63) is 12.7 Å². The van der Waals surface area contributed by atoms with Crippen molar-refractivity contribution in [3.8, 4) is 0 Å². The monoisotopic (exact) mass is 411 g/mol. The fourth-order valence-electron chi connectivity index (χ4n) is 2.90. The number of imidazole rings is 1. The Labute approximate surface area is 165 Å². The van der Waals surface area contributed by atoms with Crippen molar-refractivity contribution < 1.29 is 14.3 Å². The van der Waals surface area contributed by atoms with Crippen molar-refractivity contribution in [3.63, 3.8) is 0 Å². The van der Waals surface area contributed by atoms with Gasteiger partial charge >= 0.3 is 0 Å². The van der Waals surface area contributed by atoms with Gasteiger partial charge in [-0.15, -0.1) is 0 Å². The second kappa shape index (κ2) is 7.32. The van der Waals surface area contributed by atoms with Crippen molar-refractivity contribution >= 4 is 37.1 Å². The molecule has 0 unspecified atom stereocenters. The van der Waals surface area contributed by atoms with Crippen LogP contribution in [-0.2, 0) is 9.16 Å². The molecule has 1 fully saturated rings. The largest absolute Gasteiger partial charge is 0.414 e. The van der Waals surface area contributed by atoms with Crippen molar-refractivity contribution in [1.29, 1.82) is 0 Å². The number of nitrogens with two attached hydrogens (primary N) is 1. The van der Waals surface area contributed by atoms with Gasteiger partial charge < -0.3 is 20.0 Å². The number of aromatic nitrogens is 4. The third kappa shape index (κ3) is 3.73. The van der Waals surface area contributed by atoms with Gasteiger partial charge in [0.2, 0.25) is 0 Å².